The van der Waals surface area contributed by atoms with Crippen molar-refractivity contribution in [1.29, 1.82) is 0 Å². The van der Waals surface area contributed by atoms with Crippen molar-refractivity contribution in [2.24, 2.45) is 0 Å². The molecule has 0 spiro atoms. The number of aromatic nitrogens is 2. The number of nitrogens with one attached hydrogen (secondary N) is 2. The maximum absolute atomic E-state index is 11.8. The highest BCUT2D eigenvalue weighted by Gasteiger charge is 2.35. The van der Waals surface area contributed by atoms with Gasteiger partial charge in [0.2, 0.25) is 0 Å². The molecule has 1 fully saturated rings. The Morgan fingerprint density at radius 1 is 1.58 bits per heavy atom. The smallest absolute Gasteiger partial charge is 0.330 e. The third kappa shape index (κ3) is 2.78. The Morgan fingerprint density at radius 2 is 2.32 bits per heavy atom. The van der Waals surface area contributed by atoms with Crippen molar-refractivity contribution >= 4 is 0 Å². The first-order valence-corrected chi connectivity index (χ1v) is 6.39. The van der Waals surface area contributed by atoms with Gasteiger partial charge in [-0.3, -0.25) is 14.3 Å². The van der Waals surface area contributed by atoms with Crippen LogP contribution in [0.5, 0.6) is 0 Å². The van der Waals surface area contributed by atoms with Crippen LogP contribution in [0.25, 0.3) is 0 Å². The summed E-state index contributed by atoms with van der Waals surface area (Å²) in [5, 5.41) is 12.8. The molecule has 106 valence electrons. The van der Waals surface area contributed by atoms with Gasteiger partial charge in [-0.2, -0.15) is 0 Å². The molecule has 2 rings (SSSR count). The summed E-state index contributed by atoms with van der Waals surface area (Å²) in [4.78, 5) is 25.6. The second-order valence-corrected chi connectivity index (χ2v) is 4.66. The van der Waals surface area contributed by atoms with Gasteiger partial charge in [-0.15, -0.1) is 0 Å². The predicted molar refractivity (Wildman–Crippen MR) is 69.2 cm³/mol. The van der Waals surface area contributed by atoms with E-state index in [0.29, 0.717) is 24.9 Å². The average molecular weight is 269 g/mol. The maximum atomic E-state index is 11.8. The summed E-state index contributed by atoms with van der Waals surface area (Å²) in [5.41, 5.74) is -0.353. The first kappa shape index (κ1) is 14.0. The highest BCUT2D eigenvalue weighted by atomic mass is 16.5. The number of aliphatic hydroxyl groups excluding tert-OH is 1. The van der Waals surface area contributed by atoms with Crippen molar-refractivity contribution in [2.45, 2.75) is 38.2 Å². The first-order valence-electron chi connectivity index (χ1n) is 6.39. The number of hydrogen-bond donors (Lipinski definition) is 3. The van der Waals surface area contributed by atoms with Crippen molar-refractivity contribution in [3.63, 3.8) is 0 Å². The Kier molecular flexibility index (Phi) is 4.18. The van der Waals surface area contributed by atoms with Gasteiger partial charge in [0.1, 0.15) is 6.23 Å². The van der Waals surface area contributed by atoms with Crippen LogP contribution in [0.4, 0.5) is 0 Å². The largest absolute Gasteiger partial charge is 0.390 e. The van der Waals surface area contributed by atoms with Crippen LogP contribution >= 0.6 is 0 Å². The maximum Gasteiger partial charge on any atom is 0.330 e. The van der Waals surface area contributed by atoms with E-state index in [0.717, 1.165) is 0 Å². The second kappa shape index (κ2) is 5.68. The molecule has 1 aromatic heterocycles. The SMILES string of the molecule is CCc1cn([C@H]2C[C@H](O)[C@@H](CNC)O2)c(=O)[nH]c1=O. The lowest BCUT2D eigenvalue weighted by Crippen LogP contribution is -2.34. The van der Waals surface area contributed by atoms with Crippen LogP contribution in [0, 0.1) is 0 Å². The Balaban J connectivity index is 2.28. The van der Waals surface area contributed by atoms with E-state index in [1.807, 2.05) is 6.92 Å². The minimum atomic E-state index is -0.624. The molecule has 1 aliphatic rings. The Hall–Kier alpha value is -1.44. The lowest BCUT2D eigenvalue weighted by molar-refractivity contribution is -0.0184. The molecule has 0 aromatic carbocycles. The predicted octanol–water partition coefficient (Wildman–Crippen LogP) is -1.03. The molecule has 1 aliphatic heterocycles. The molecule has 7 nitrogen and oxygen atoms in total. The highest BCUT2D eigenvalue weighted by molar-refractivity contribution is 5.04. The summed E-state index contributed by atoms with van der Waals surface area (Å²) < 4.78 is 7.00. The molecule has 19 heavy (non-hydrogen) atoms. The molecule has 3 atom stereocenters. The van der Waals surface area contributed by atoms with E-state index in [4.69, 9.17) is 4.74 Å². The van der Waals surface area contributed by atoms with Gasteiger partial charge < -0.3 is 15.2 Å². The van der Waals surface area contributed by atoms with Crippen LogP contribution in [-0.4, -0.2) is 40.5 Å². The number of ether oxygens (including phenoxy) is 1. The summed E-state index contributed by atoms with van der Waals surface area (Å²) in [6.45, 7) is 2.35. The van der Waals surface area contributed by atoms with Crippen molar-refractivity contribution in [3.05, 3.63) is 32.6 Å². The number of hydrogen-bond acceptors (Lipinski definition) is 5. The third-order valence-corrected chi connectivity index (χ3v) is 3.34. The zero-order valence-electron chi connectivity index (χ0n) is 11.0. The summed E-state index contributed by atoms with van der Waals surface area (Å²) in [5.74, 6) is 0. The van der Waals surface area contributed by atoms with Crippen molar-refractivity contribution in [3.8, 4) is 0 Å². The lowest BCUT2D eigenvalue weighted by atomic mass is 10.2. The fraction of sp³-hybridized carbons (Fsp3) is 0.667. The van der Waals surface area contributed by atoms with E-state index in [2.05, 4.69) is 10.3 Å². The van der Waals surface area contributed by atoms with Gasteiger partial charge in [0.15, 0.2) is 0 Å². The molecule has 1 saturated heterocycles. The van der Waals surface area contributed by atoms with E-state index in [-0.39, 0.29) is 11.7 Å². The molecule has 7 heteroatoms. The normalized spacial score (nSPS) is 26.8. The van der Waals surface area contributed by atoms with Crippen LogP contribution in [-0.2, 0) is 11.2 Å². The van der Waals surface area contributed by atoms with E-state index >= 15 is 0 Å². The zero-order chi connectivity index (χ0) is 14.0. The minimum Gasteiger partial charge on any atom is -0.390 e. The Morgan fingerprint density at radius 3 is 2.95 bits per heavy atom. The van der Waals surface area contributed by atoms with Crippen LogP contribution in [0.1, 0.15) is 25.1 Å². The summed E-state index contributed by atoms with van der Waals surface area (Å²) in [6, 6.07) is 0. The number of H-pyrrole nitrogens is 1. The molecule has 0 saturated carbocycles. The first-order chi connectivity index (χ1) is 9.06. The number of aliphatic hydroxyl groups is 1. The van der Waals surface area contributed by atoms with Crippen LogP contribution in [0.15, 0.2) is 15.8 Å². The van der Waals surface area contributed by atoms with Gasteiger partial charge in [0.25, 0.3) is 5.56 Å². The third-order valence-electron chi connectivity index (χ3n) is 3.34. The molecular weight excluding hydrogens is 250 g/mol. The fourth-order valence-electron chi connectivity index (χ4n) is 2.26. The van der Waals surface area contributed by atoms with Gasteiger partial charge in [-0.05, 0) is 13.5 Å². The van der Waals surface area contributed by atoms with Crippen LogP contribution in [0.3, 0.4) is 0 Å². The topological polar surface area (TPSA) is 96.3 Å². The van der Waals surface area contributed by atoms with Crippen LogP contribution in [0.2, 0.25) is 0 Å². The van der Waals surface area contributed by atoms with Gasteiger partial charge in [-0.1, -0.05) is 6.92 Å². The molecule has 0 unspecified atom stereocenters. The van der Waals surface area contributed by atoms with Gasteiger partial charge >= 0.3 is 5.69 Å². The molecular formula is C12H19N3O4. The van der Waals surface area contributed by atoms with Gasteiger partial charge in [0, 0.05) is 24.7 Å². The molecule has 3 N–H and O–H groups in total. The average Bonchev–Trinajstić information content (AvgIpc) is 2.71. The molecule has 0 bridgehead atoms. The number of nitrogens with zero attached hydrogens (tertiary/aromatic N) is 1. The summed E-state index contributed by atoms with van der Waals surface area (Å²) in [6.07, 6.45) is 0.871. The van der Waals surface area contributed by atoms with Crippen LogP contribution < -0.4 is 16.6 Å². The molecule has 0 aliphatic carbocycles. The summed E-state index contributed by atoms with van der Waals surface area (Å²) >= 11 is 0. The van der Waals surface area contributed by atoms with E-state index < -0.39 is 18.0 Å². The Bertz CT molecular complexity index is 551. The summed E-state index contributed by atoms with van der Waals surface area (Å²) in [7, 11) is 1.77. The quantitative estimate of drug-likeness (QED) is 0.649. The monoisotopic (exact) mass is 269 g/mol. The highest BCUT2D eigenvalue weighted by Crippen LogP contribution is 2.27. The lowest BCUT2D eigenvalue weighted by Gasteiger charge is -2.16. The number of rotatable bonds is 4. The molecule has 1 aromatic rings. The van der Waals surface area contributed by atoms with Gasteiger partial charge in [0.05, 0.1) is 12.2 Å². The standard InChI is InChI=1S/C12H19N3O4/c1-3-7-6-15(12(18)14-11(7)17)10-4-8(16)9(19-10)5-13-2/h6,8-10,13,16H,3-5H2,1-2H3,(H,14,17,18)/t8-,9+,10+/m0/s1. The Labute approximate surface area is 110 Å². The number of aryl methyl sites for hydroxylation is 1. The number of likely N-dealkylation sites (N-methyl/N-ethyl adjacent to an activating group) is 1. The van der Waals surface area contributed by atoms with E-state index in [9.17, 15) is 14.7 Å². The second-order valence-electron chi connectivity index (χ2n) is 4.66. The van der Waals surface area contributed by atoms with Gasteiger partial charge in [-0.25, -0.2) is 4.79 Å². The van der Waals surface area contributed by atoms with E-state index in [1.165, 1.54) is 10.8 Å². The molecule has 2 heterocycles. The molecule has 0 radical (unpaired) electrons. The van der Waals surface area contributed by atoms with Crippen molar-refractivity contribution < 1.29 is 9.84 Å². The van der Waals surface area contributed by atoms with Crippen molar-refractivity contribution in [2.75, 3.05) is 13.6 Å². The number of aromatic amines is 1. The molecule has 0 amide bonds. The van der Waals surface area contributed by atoms with E-state index in [1.54, 1.807) is 7.05 Å². The fourth-order valence-corrected chi connectivity index (χ4v) is 2.26. The zero-order valence-corrected chi connectivity index (χ0v) is 11.0. The van der Waals surface area contributed by atoms with Crippen molar-refractivity contribution in [1.82, 2.24) is 14.9 Å². The minimum absolute atomic E-state index is 0.335.